The van der Waals surface area contributed by atoms with E-state index in [0.717, 1.165) is 12.1 Å². The van der Waals surface area contributed by atoms with Crippen molar-refractivity contribution in [2.75, 3.05) is 20.6 Å². The summed E-state index contributed by atoms with van der Waals surface area (Å²) in [5.41, 5.74) is 3.46. The zero-order valence-corrected chi connectivity index (χ0v) is 9.77. The maximum Gasteiger partial charge on any atom is 0.244 e. The number of nitrogens with one attached hydrogen (secondary N) is 1. The summed E-state index contributed by atoms with van der Waals surface area (Å²) in [4.78, 5) is 18.3. The SMILES string of the molecule is CN(C)CCC(=O)NOCc1ccccc1. The molecule has 0 fully saturated rings. The summed E-state index contributed by atoms with van der Waals surface area (Å²) in [5.74, 6) is -0.0929. The minimum atomic E-state index is -0.0929. The van der Waals surface area contributed by atoms with Crippen molar-refractivity contribution in [1.82, 2.24) is 10.4 Å². The van der Waals surface area contributed by atoms with Gasteiger partial charge in [0.2, 0.25) is 5.91 Å². The average Bonchev–Trinajstić information content (AvgIpc) is 2.28. The predicted molar refractivity (Wildman–Crippen MR) is 62.5 cm³/mol. The molecular formula is C12H18N2O2. The maximum atomic E-state index is 11.3. The topological polar surface area (TPSA) is 41.6 Å². The summed E-state index contributed by atoms with van der Waals surface area (Å²) < 4.78 is 0. The summed E-state index contributed by atoms with van der Waals surface area (Å²) in [5, 5.41) is 0. The highest BCUT2D eigenvalue weighted by Gasteiger charge is 2.01. The molecule has 4 nitrogen and oxygen atoms in total. The van der Waals surface area contributed by atoms with Gasteiger partial charge in [-0.2, -0.15) is 0 Å². The second-order valence-electron chi connectivity index (χ2n) is 3.85. The highest BCUT2D eigenvalue weighted by Crippen LogP contribution is 1.98. The first-order chi connectivity index (χ1) is 7.68. The normalized spacial score (nSPS) is 10.4. The molecule has 0 atom stereocenters. The molecule has 88 valence electrons. The monoisotopic (exact) mass is 222 g/mol. The highest BCUT2D eigenvalue weighted by atomic mass is 16.6. The molecular weight excluding hydrogens is 204 g/mol. The van der Waals surface area contributed by atoms with Gasteiger partial charge in [0.25, 0.3) is 0 Å². The Morgan fingerprint density at radius 3 is 2.62 bits per heavy atom. The number of rotatable bonds is 6. The van der Waals surface area contributed by atoms with Crippen LogP contribution < -0.4 is 5.48 Å². The van der Waals surface area contributed by atoms with Crippen LogP contribution in [0.1, 0.15) is 12.0 Å². The first kappa shape index (κ1) is 12.7. The van der Waals surface area contributed by atoms with Crippen molar-refractivity contribution in [3.8, 4) is 0 Å². The van der Waals surface area contributed by atoms with E-state index < -0.39 is 0 Å². The lowest BCUT2D eigenvalue weighted by atomic mass is 10.2. The standard InChI is InChI=1S/C12H18N2O2/c1-14(2)9-8-12(15)13-16-10-11-6-4-3-5-7-11/h3-7H,8-10H2,1-2H3,(H,13,15). The Kier molecular flexibility index (Phi) is 5.53. The molecule has 16 heavy (non-hydrogen) atoms. The van der Waals surface area contributed by atoms with Crippen molar-refractivity contribution < 1.29 is 9.63 Å². The van der Waals surface area contributed by atoms with E-state index in [1.165, 1.54) is 0 Å². The lowest BCUT2D eigenvalue weighted by molar-refractivity contribution is -0.134. The van der Waals surface area contributed by atoms with Gasteiger partial charge in [-0.25, -0.2) is 5.48 Å². The van der Waals surface area contributed by atoms with Crippen LogP contribution in [0.25, 0.3) is 0 Å². The zero-order valence-electron chi connectivity index (χ0n) is 9.77. The third-order valence-electron chi connectivity index (χ3n) is 2.05. The third-order valence-corrected chi connectivity index (χ3v) is 2.05. The number of carbonyl (C=O) groups is 1. The van der Waals surface area contributed by atoms with Crippen molar-refractivity contribution in [1.29, 1.82) is 0 Å². The van der Waals surface area contributed by atoms with Crippen LogP contribution in [0, 0.1) is 0 Å². The molecule has 1 rings (SSSR count). The molecule has 0 radical (unpaired) electrons. The number of nitrogens with zero attached hydrogens (tertiary/aromatic N) is 1. The molecule has 0 aliphatic carbocycles. The minimum Gasteiger partial charge on any atom is -0.309 e. The van der Waals surface area contributed by atoms with E-state index in [9.17, 15) is 4.79 Å². The van der Waals surface area contributed by atoms with E-state index in [4.69, 9.17) is 4.84 Å². The molecule has 0 spiro atoms. The third kappa shape index (κ3) is 5.48. The molecule has 1 amide bonds. The number of hydrogen-bond donors (Lipinski definition) is 1. The minimum absolute atomic E-state index is 0.0929. The molecule has 0 aliphatic rings. The fourth-order valence-corrected chi connectivity index (χ4v) is 1.15. The van der Waals surface area contributed by atoms with Gasteiger partial charge in [0.05, 0.1) is 6.61 Å². The van der Waals surface area contributed by atoms with Gasteiger partial charge in [0.15, 0.2) is 0 Å². The smallest absolute Gasteiger partial charge is 0.244 e. The van der Waals surface area contributed by atoms with Gasteiger partial charge < -0.3 is 4.90 Å². The molecule has 1 aromatic rings. The summed E-state index contributed by atoms with van der Waals surface area (Å²) >= 11 is 0. The predicted octanol–water partition coefficient (Wildman–Crippen LogP) is 1.19. The molecule has 0 saturated heterocycles. The van der Waals surface area contributed by atoms with Gasteiger partial charge in [-0.05, 0) is 19.7 Å². The zero-order chi connectivity index (χ0) is 11.8. The van der Waals surface area contributed by atoms with Crippen LogP contribution >= 0.6 is 0 Å². The fraction of sp³-hybridized carbons (Fsp3) is 0.417. The second-order valence-corrected chi connectivity index (χ2v) is 3.85. The van der Waals surface area contributed by atoms with Gasteiger partial charge >= 0.3 is 0 Å². The Hall–Kier alpha value is -1.39. The van der Waals surface area contributed by atoms with E-state index in [-0.39, 0.29) is 5.91 Å². The quantitative estimate of drug-likeness (QED) is 0.735. The van der Waals surface area contributed by atoms with Crippen LogP contribution in [0.4, 0.5) is 0 Å². The summed E-state index contributed by atoms with van der Waals surface area (Å²) in [6.07, 6.45) is 0.446. The van der Waals surface area contributed by atoms with Gasteiger partial charge in [-0.3, -0.25) is 9.63 Å². The van der Waals surface area contributed by atoms with E-state index in [2.05, 4.69) is 5.48 Å². The summed E-state index contributed by atoms with van der Waals surface area (Å²) in [7, 11) is 3.86. The van der Waals surface area contributed by atoms with E-state index in [1.54, 1.807) is 0 Å². The molecule has 0 heterocycles. The van der Waals surface area contributed by atoms with Crippen LogP contribution in [0.2, 0.25) is 0 Å². The molecule has 0 bridgehead atoms. The molecule has 0 aromatic heterocycles. The van der Waals surface area contributed by atoms with Crippen molar-refractivity contribution in [2.45, 2.75) is 13.0 Å². The molecule has 0 unspecified atom stereocenters. The first-order valence-corrected chi connectivity index (χ1v) is 5.28. The Labute approximate surface area is 96.2 Å². The fourth-order valence-electron chi connectivity index (χ4n) is 1.15. The highest BCUT2D eigenvalue weighted by molar-refractivity contribution is 5.74. The Morgan fingerprint density at radius 2 is 2.00 bits per heavy atom. The van der Waals surface area contributed by atoms with Crippen molar-refractivity contribution in [3.05, 3.63) is 35.9 Å². The van der Waals surface area contributed by atoms with Gasteiger partial charge in [-0.15, -0.1) is 0 Å². The first-order valence-electron chi connectivity index (χ1n) is 5.28. The molecule has 0 aliphatic heterocycles. The van der Waals surface area contributed by atoms with Crippen molar-refractivity contribution in [3.63, 3.8) is 0 Å². The summed E-state index contributed by atoms with van der Waals surface area (Å²) in [6.45, 7) is 1.12. The van der Waals surface area contributed by atoms with Gasteiger partial charge in [0.1, 0.15) is 0 Å². The molecule has 0 saturated carbocycles. The number of hydrogen-bond acceptors (Lipinski definition) is 3. The van der Waals surface area contributed by atoms with Crippen molar-refractivity contribution >= 4 is 5.91 Å². The second kappa shape index (κ2) is 6.98. The van der Waals surface area contributed by atoms with Crippen LogP contribution in [0.5, 0.6) is 0 Å². The number of carbonyl (C=O) groups excluding carboxylic acids is 1. The molecule has 1 aromatic carbocycles. The number of amides is 1. The van der Waals surface area contributed by atoms with Crippen LogP contribution in [0.15, 0.2) is 30.3 Å². The number of benzene rings is 1. The van der Waals surface area contributed by atoms with Crippen LogP contribution in [-0.4, -0.2) is 31.4 Å². The maximum absolute atomic E-state index is 11.3. The lowest BCUT2D eigenvalue weighted by Crippen LogP contribution is -2.27. The van der Waals surface area contributed by atoms with Crippen molar-refractivity contribution in [2.24, 2.45) is 0 Å². The number of hydroxylamine groups is 1. The van der Waals surface area contributed by atoms with Crippen LogP contribution in [0.3, 0.4) is 0 Å². The van der Waals surface area contributed by atoms with Crippen LogP contribution in [-0.2, 0) is 16.2 Å². The van der Waals surface area contributed by atoms with Gasteiger partial charge in [-0.1, -0.05) is 30.3 Å². The van der Waals surface area contributed by atoms with E-state index >= 15 is 0 Å². The average molecular weight is 222 g/mol. The Bertz CT molecular complexity index is 312. The Morgan fingerprint density at radius 1 is 1.31 bits per heavy atom. The molecule has 1 N–H and O–H groups in total. The lowest BCUT2D eigenvalue weighted by Gasteiger charge is -2.09. The van der Waals surface area contributed by atoms with E-state index in [0.29, 0.717) is 13.0 Å². The summed E-state index contributed by atoms with van der Waals surface area (Å²) in [6, 6.07) is 9.72. The Balaban J connectivity index is 2.13. The van der Waals surface area contributed by atoms with Gasteiger partial charge in [0, 0.05) is 13.0 Å². The molecule has 4 heteroatoms. The van der Waals surface area contributed by atoms with E-state index in [1.807, 2.05) is 49.3 Å². The largest absolute Gasteiger partial charge is 0.309 e.